The lowest BCUT2D eigenvalue weighted by molar-refractivity contribution is -0.140. The molecule has 4 rings (SSSR count). The first-order valence-electron chi connectivity index (χ1n) is 12.9. The summed E-state index contributed by atoms with van der Waals surface area (Å²) < 4.78 is 14.5. The summed E-state index contributed by atoms with van der Waals surface area (Å²) in [5, 5.41) is 3.10. The molecule has 0 bridgehead atoms. The van der Waals surface area contributed by atoms with Gasteiger partial charge in [-0.2, -0.15) is 0 Å². The highest BCUT2D eigenvalue weighted by Gasteiger charge is 2.42. The highest BCUT2D eigenvalue weighted by Crippen LogP contribution is 2.28. The van der Waals surface area contributed by atoms with Crippen LogP contribution in [0.4, 0.5) is 4.39 Å². The van der Waals surface area contributed by atoms with Gasteiger partial charge in [0, 0.05) is 32.4 Å². The number of hydrogen-bond donors (Lipinski definition) is 1. The van der Waals surface area contributed by atoms with Crippen molar-refractivity contribution >= 4 is 17.7 Å². The van der Waals surface area contributed by atoms with E-state index in [0.717, 1.165) is 24.0 Å². The van der Waals surface area contributed by atoms with Gasteiger partial charge in [0.2, 0.25) is 17.7 Å². The van der Waals surface area contributed by atoms with E-state index in [-0.39, 0.29) is 43.1 Å². The molecule has 2 saturated heterocycles. The summed E-state index contributed by atoms with van der Waals surface area (Å²) in [6, 6.07) is 16.3. The Morgan fingerprint density at radius 1 is 0.972 bits per heavy atom. The standard InChI is InChI=1S/C29H36FN3O3/c1-19(2)21-11-13-23(14-12-21)28(22-8-5-4-6-9-22)31-29(36)26-16-24(30)18-33(26)27(35)17-25-10-7-15-32(25)20(3)34/h4-6,8-9,11-14,19,24-26,28H,7,10,15-18H2,1-3H3,(H,31,36)/t24-,25-,26+,28+/m1/s1. The largest absolute Gasteiger partial charge is 0.343 e. The Labute approximate surface area is 212 Å². The Kier molecular flexibility index (Phi) is 8.07. The summed E-state index contributed by atoms with van der Waals surface area (Å²) in [7, 11) is 0. The minimum Gasteiger partial charge on any atom is -0.343 e. The first-order chi connectivity index (χ1) is 17.2. The lowest BCUT2D eigenvalue weighted by Gasteiger charge is -2.29. The minimum atomic E-state index is -1.25. The van der Waals surface area contributed by atoms with Gasteiger partial charge in [-0.15, -0.1) is 0 Å². The van der Waals surface area contributed by atoms with Crippen molar-refractivity contribution in [3.05, 3.63) is 71.3 Å². The number of likely N-dealkylation sites (tertiary alicyclic amines) is 2. The summed E-state index contributed by atoms with van der Waals surface area (Å²) in [5.74, 6) is -0.299. The van der Waals surface area contributed by atoms with Crippen LogP contribution >= 0.6 is 0 Å². The van der Waals surface area contributed by atoms with Crippen LogP contribution in [0.1, 0.15) is 75.1 Å². The van der Waals surface area contributed by atoms with Crippen LogP contribution in [0.3, 0.4) is 0 Å². The molecular formula is C29H36FN3O3. The van der Waals surface area contributed by atoms with E-state index in [1.807, 2.05) is 42.5 Å². The van der Waals surface area contributed by atoms with Crippen LogP contribution in [-0.4, -0.2) is 58.9 Å². The van der Waals surface area contributed by atoms with Crippen LogP contribution in [0.5, 0.6) is 0 Å². The van der Waals surface area contributed by atoms with Gasteiger partial charge < -0.3 is 15.1 Å². The molecule has 6 nitrogen and oxygen atoms in total. The molecule has 0 unspecified atom stereocenters. The van der Waals surface area contributed by atoms with Gasteiger partial charge in [0.15, 0.2) is 0 Å². The topological polar surface area (TPSA) is 69.7 Å². The molecule has 1 N–H and O–H groups in total. The van der Waals surface area contributed by atoms with Crippen LogP contribution in [-0.2, 0) is 14.4 Å². The molecule has 2 aliphatic heterocycles. The number of nitrogens with zero attached hydrogens (tertiary/aromatic N) is 2. The van der Waals surface area contributed by atoms with E-state index in [9.17, 15) is 18.8 Å². The summed E-state index contributed by atoms with van der Waals surface area (Å²) in [6.45, 7) is 6.31. The molecule has 2 aromatic rings. The van der Waals surface area contributed by atoms with Gasteiger partial charge in [0.25, 0.3) is 0 Å². The van der Waals surface area contributed by atoms with Crippen molar-refractivity contribution in [1.82, 2.24) is 15.1 Å². The third-order valence-electron chi connectivity index (χ3n) is 7.42. The molecule has 0 spiro atoms. The van der Waals surface area contributed by atoms with E-state index < -0.39 is 18.3 Å². The van der Waals surface area contributed by atoms with Gasteiger partial charge in [-0.1, -0.05) is 68.4 Å². The summed E-state index contributed by atoms with van der Waals surface area (Å²) >= 11 is 0. The number of rotatable bonds is 7. The van der Waals surface area contributed by atoms with E-state index in [1.165, 1.54) is 17.4 Å². The molecule has 2 fully saturated rings. The number of amides is 3. The maximum atomic E-state index is 14.5. The molecule has 0 aliphatic carbocycles. The zero-order valence-corrected chi connectivity index (χ0v) is 21.3. The molecule has 4 atom stereocenters. The SMILES string of the molecule is CC(=O)N1CCC[C@@H]1CC(=O)N1C[C@H](F)C[C@H]1C(=O)N[C@@H](c1ccccc1)c1ccc(C(C)C)cc1. The molecule has 0 aromatic heterocycles. The quantitative estimate of drug-likeness (QED) is 0.623. The fourth-order valence-corrected chi connectivity index (χ4v) is 5.41. The van der Waals surface area contributed by atoms with Gasteiger partial charge in [0.05, 0.1) is 12.6 Å². The highest BCUT2D eigenvalue weighted by molar-refractivity contribution is 5.89. The maximum absolute atomic E-state index is 14.5. The Hall–Kier alpha value is -3.22. The first kappa shape index (κ1) is 25.9. The zero-order chi connectivity index (χ0) is 25.8. The second-order valence-corrected chi connectivity index (χ2v) is 10.3. The molecule has 0 saturated carbocycles. The summed E-state index contributed by atoms with van der Waals surface area (Å²) in [4.78, 5) is 41.7. The average Bonchev–Trinajstić information content (AvgIpc) is 3.49. The van der Waals surface area contributed by atoms with Crippen molar-refractivity contribution in [2.75, 3.05) is 13.1 Å². The molecule has 7 heteroatoms. The second kappa shape index (κ2) is 11.2. The van der Waals surface area contributed by atoms with Crippen LogP contribution in [0.2, 0.25) is 0 Å². The maximum Gasteiger partial charge on any atom is 0.243 e. The third-order valence-corrected chi connectivity index (χ3v) is 7.42. The molecule has 3 amide bonds. The van der Waals surface area contributed by atoms with Crippen LogP contribution in [0.15, 0.2) is 54.6 Å². The number of carbonyl (C=O) groups excluding carboxylic acids is 3. The predicted octanol–water partition coefficient (Wildman–Crippen LogP) is 4.36. The fraction of sp³-hybridized carbons (Fsp3) is 0.483. The molecule has 2 aliphatic rings. The van der Waals surface area contributed by atoms with Gasteiger partial charge in [-0.3, -0.25) is 14.4 Å². The lowest BCUT2D eigenvalue weighted by Crippen LogP contribution is -2.48. The number of benzene rings is 2. The van der Waals surface area contributed by atoms with Crippen LogP contribution < -0.4 is 5.32 Å². The first-order valence-corrected chi connectivity index (χ1v) is 12.9. The summed E-state index contributed by atoms with van der Waals surface area (Å²) in [5.41, 5.74) is 3.05. The van der Waals surface area contributed by atoms with E-state index in [4.69, 9.17) is 0 Å². The summed E-state index contributed by atoms with van der Waals surface area (Å²) in [6.07, 6.45) is 0.443. The number of halogens is 1. The monoisotopic (exact) mass is 493 g/mol. The number of nitrogens with one attached hydrogen (secondary N) is 1. The smallest absolute Gasteiger partial charge is 0.243 e. The van der Waals surface area contributed by atoms with Crippen LogP contribution in [0.25, 0.3) is 0 Å². The van der Waals surface area contributed by atoms with Crippen molar-refractivity contribution < 1.29 is 18.8 Å². The van der Waals surface area contributed by atoms with E-state index in [0.29, 0.717) is 12.5 Å². The van der Waals surface area contributed by atoms with Gasteiger partial charge in [-0.25, -0.2) is 4.39 Å². The van der Waals surface area contributed by atoms with Crippen molar-refractivity contribution in [2.24, 2.45) is 0 Å². The van der Waals surface area contributed by atoms with Crippen LogP contribution in [0, 0.1) is 0 Å². The highest BCUT2D eigenvalue weighted by atomic mass is 19.1. The Morgan fingerprint density at radius 2 is 1.61 bits per heavy atom. The fourth-order valence-electron chi connectivity index (χ4n) is 5.41. The molecular weight excluding hydrogens is 457 g/mol. The van der Waals surface area contributed by atoms with E-state index >= 15 is 0 Å². The van der Waals surface area contributed by atoms with Crippen molar-refractivity contribution in [3.63, 3.8) is 0 Å². The van der Waals surface area contributed by atoms with Crippen molar-refractivity contribution in [3.8, 4) is 0 Å². The van der Waals surface area contributed by atoms with Gasteiger partial charge in [0.1, 0.15) is 12.2 Å². The van der Waals surface area contributed by atoms with Crippen molar-refractivity contribution in [2.45, 2.75) is 76.7 Å². The van der Waals surface area contributed by atoms with E-state index in [1.54, 1.807) is 4.90 Å². The normalized spacial score (nSPS) is 22.6. The van der Waals surface area contributed by atoms with Gasteiger partial charge >= 0.3 is 0 Å². The number of hydrogen-bond acceptors (Lipinski definition) is 3. The molecule has 192 valence electrons. The third kappa shape index (κ3) is 5.77. The predicted molar refractivity (Wildman–Crippen MR) is 137 cm³/mol. The minimum absolute atomic E-state index is 0.0214. The second-order valence-electron chi connectivity index (χ2n) is 10.3. The average molecular weight is 494 g/mol. The number of carbonyl (C=O) groups is 3. The zero-order valence-electron chi connectivity index (χ0n) is 21.3. The van der Waals surface area contributed by atoms with Crippen molar-refractivity contribution in [1.29, 1.82) is 0 Å². The molecule has 0 radical (unpaired) electrons. The number of alkyl halides is 1. The lowest BCUT2D eigenvalue weighted by atomic mass is 9.95. The molecule has 2 heterocycles. The van der Waals surface area contributed by atoms with Gasteiger partial charge in [-0.05, 0) is 35.4 Å². The Balaban J connectivity index is 1.52. The van der Waals surface area contributed by atoms with E-state index in [2.05, 4.69) is 31.3 Å². The molecule has 36 heavy (non-hydrogen) atoms. The Morgan fingerprint density at radius 3 is 2.25 bits per heavy atom. The molecule has 2 aromatic carbocycles. The Bertz CT molecular complexity index is 1070.